The third kappa shape index (κ3) is 3.98. The number of nitrogens with zero attached hydrogens (tertiary/aromatic N) is 5. The zero-order valence-electron chi connectivity index (χ0n) is 19.8. The van der Waals surface area contributed by atoms with Crippen LogP contribution in [-0.4, -0.2) is 24.4 Å². The zero-order valence-corrected chi connectivity index (χ0v) is 21.4. The molecule has 0 spiro atoms. The highest BCUT2D eigenvalue weighted by Crippen LogP contribution is 2.28. The molecule has 0 radical (unpaired) electrons. The van der Waals surface area contributed by atoms with Gasteiger partial charge in [0.2, 0.25) is 4.96 Å². The summed E-state index contributed by atoms with van der Waals surface area (Å²) >= 11 is 7.31. The molecule has 0 N–H and O–H groups in total. The van der Waals surface area contributed by atoms with E-state index in [1.807, 2.05) is 71.6 Å². The van der Waals surface area contributed by atoms with Crippen molar-refractivity contribution in [2.45, 2.75) is 0 Å². The van der Waals surface area contributed by atoms with Crippen molar-refractivity contribution < 1.29 is 0 Å². The molecule has 0 amide bonds. The van der Waals surface area contributed by atoms with Crippen LogP contribution >= 0.6 is 22.9 Å². The first-order chi connectivity index (χ1) is 18.6. The molecule has 0 saturated heterocycles. The number of fused-ring (bicyclic) bond motifs is 2. The van der Waals surface area contributed by atoms with Crippen LogP contribution in [-0.2, 0) is 0 Å². The van der Waals surface area contributed by atoms with E-state index in [1.54, 1.807) is 12.1 Å². The van der Waals surface area contributed by atoms with Crippen molar-refractivity contribution in [3.05, 3.63) is 129 Å². The van der Waals surface area contributed by atoms with Crippen LogP contribution < -0.4 is 10.1 Å². The second kappa shape index (κ2) is 9.06. The van der Waals surface area contributed by atoms with Gasteiger partial charge in [0.15, 0.2) is 5.82 Å². The van der Waals surface area contributed by atoms with Crippen LogP contribution in [0.3, 0.4) is 0 Å². The molecule has 3 heterocycles. The van der Waals surface area contributed by atoms with Gasteiger partial charge in [0.05, 0.1) is 10.2 Å². The van der Waals surface area contributed by atoms with E-state index < -0.39 is 0 Å². The van der Waals surface area contributed by atoms with Crippen LogP contribution in [0.2, 0.25) is 5.02 Å². The Hall–Kier alpha value is -4.59. The predicted octanol–water partition coefficient (Wildman–Crippen LogP) is 6.03. The van der Waals surface area contributed by atoms with Crippen molar-refractivity contribution in [3.63, 3.8) is 0 Å². The smallest absolute Gasteiger partial charge is 0.266 e. The number of halogens is 1. The van der Waals surface area contributed by atoms with E-state index in [1.165, 1.54) is 15.9 Å². The number of thiazole rings is 1. The highest BCUT2D eigenvalue weighted by atomic mass is 35.5. The highest BCUT2D eigenvalue weighted by Gasteiger charge is 2.15. The molecule has 7 rings (SSSR count). The van der Waals surface area contributed by atoms with Crippen molar-refractivity contribution in [3.8, 4) is 28.3 Å². The minimum atomic E-state index is -0.213. The Morgan fingerprint density at radius 3 is 2.32 bits per heavy atom. The molecule has 7 aromatic rings. The number of aromatic nitrogens is 5. The normalized spacial score (nSPS) is 12.1. The molecule has 4 aromatic carbocycles. The third-order valence-corrected chi connectivity index (χ3v) is 7.57. The molecule has 0 aliphatic rings. The number of hydrogen-bond donors (Lipinski definition) is 0. The molecule has 0 aliphatic carbocycles. The van der Waals surface area contributed by atoms with Crippen LogP contribution in [0.15, 0.2) is 108 Å². The Morgan fingerprint density at radius 2 is 1.53 bits per heavy atom. The minimum Gasteiger partial charge on any atom is -0.266 e. The summed E-state index contributed by atoms with van der Waals surface area (Å²) in [4.78, 5) is 18.4. The van der Waals surface area contributed by atoms with Crippen molar-refractivity contribution in [1.29, 1.82) is 0 Å². The largest absolute Gasteiger partial charge is 0.291 e. The topological polar surface area (TPSA) is 65.1 Å². The SMILES string of the molecule is O=c1c(=Cc2cn(-c3ccccc3)nc2-c2ccc3ccccc3c2)sc2nc(-c3ccc(Cl)cc3)nn12. The first-order valence-corrected chi connectivity index (χ1v) is 13.1. The number of rotatable bonds is 4. The molecule has 0 unspecified atom stereocenters. The Balaban J connectivity index is 1.38. The van der Waals surface area contributed by atoms with E-state index in [2.05, 4.69) is 40.4 Å². The highest BCUT2D eigenvalue weighted by molar-refractivity contribution is 7.15. The van der Waals surface area contributed by atoms with Gasteiger partial charge in [-0.25, -0.2) is 4.68 Å². The lowest BCUT2D eigenvalue weighted by Crippen LogP contribution is -2.23. The van der Waals surface area contributed by atoms with Gasteiger partial charge in [-0.3, -0.25) is 4.79 Å². The summed E-state index contributed by atoms with van der Waals surface area (Å²) in [7, 11) is 0. The van der Waals surface area contributed by atoms with E-state index in [4.69, 9.17) is 16.7 Å². The molecule has 0 atom stereocenters. The Kier molecular flexibility index (Phi) is 5.39. The van der Waals surface area contributed by atoms with Gasteiger partial charge in [-0.2, -0.15) is 14.6 Å². The van der Waals surface area contributed by atoms with Gasteiger partial charge >= 0.3 is 0 Å². The fraction of sp³-hybridized carbons (Fsp3) is 0. The molecular formula is C30H18ClN5OS. The van der Waals surface area contributed by atoms with Gasteiger partial charge < -0.3 is 0 Å². The standard InChI is InChI=1S/C30H18ClN5OS/c31-24-14-12-20(13-15-24)28-32-30-36(34-28)29(37)26(38-30)17-23-18-35(25-8-2-1-3-9-25)33-27(23)22-11-10-19-6-4-5-7-21(19)16-22/h1-18H. The summed E-state index contributed by atoms with van der Waals surface area (Å²) in [5, 5.41) is 12.3. The van der Waals surface area contributed by atoms with E-state index >= 15 is 0 Å². The van der Waals surface area contributed by atoms with Crippen LogP contribution in [0.1, 0.15) is 5.56 Å². The number of hydrogen-bond acceptors (Lipinski definition) is 5. The first-order valence-electron chi connectivity index (χ1n) is 11.9. The fourth-order valence-electron chi connectivity index (χ4n) is 4.46. The molecule has 6 nitrogen and oxygen atoms in total. The van der Waals surface area contributed by atoms with Gasteiger partial charge in [0, 0.05) is 27.9 Å². The minimum absolute atomic E-state index is 0.213. The predicted molar refractivity (Wildman–Crippen MR) is 153 cm³/mol. The van der Waals surface area contributed by atoms with E-state index in [-0.39, 0.29) is 5.56 Å². The van der Waals surface area contributed by atoms with Crippen molar-refractivity contribution in [2.24, 2.45) is 0 Å². The molecule has 0 saturated carbocycles. The third-order valence-electron chi connectivity index (χ3n) is 6.36. The second-order valence-electron chi connectivity index (χ2n) is 8.83. The van der Waals surface area contributed by atoms with Crippen LogP contribution in [0.25, 0.3) is 50.1 Å². The van der Waals surface area contributed by atoms with Crippen LogP contribution in [0.5, 0.6) is 0 Å². The Labute approximate surface area is 225 Å². The van der Waals surface area contributed by atoms with Crippen LogP contribution in [0.4, 0.5) is 0 Å². The van der Waals surface area contributed by atoms with Gasteiger partial charge in [-0.15, -0.1) is 5.10 Å². The van der Waals surface area contributed by atoms with Gasteiger partial charge in [-0.1, -0.05) is 77.5 Å². The molecule has 3 aromatic heterocycles. The van der Waals surface area contributed by atoms with Crippen LogP contribution in [0, 0.1) is 0 Å². The van der Waals surface area contributed by atoms with Gasteiger partial charge in [0.25, 0.3) is 5.56 Å². The molecule has 0 fully saturated rings. The molecule has 182 valence electrons. The zero-order chi connectivity index (χ0) is 25.6. The van der Waals surface area contributed by atoms with Gasteiger partial charge in [-0.05, 0) is 59.3 Å². The molecule has 0 aliphatic heterocycles. The summed E-state index contributed by atoms with van der Waals surface area (Å²) in [6.07, 6.45) is 3.83. The lowest BCUT2D eigenvalue weighted by Gasteiger charge is -2.03. The Bertz CT molecular complexity index is 2060. The first kappa shape index (κ1) is 22.6. The van der Waals surface area contributed by atoms with E-state index in [0.717, 1.165) is 38.8 Å². The Morgan fingerprint density at radius 1 is 0.789 bits per heavy atom. The summed E-state index contributed by atoms with van der Waals surface area (Å²) in [5.74, 6) is 0.491. The van der Waals surface area contributed by atoms with E-state index in [9.17, 15) is 4.79 Å². The summed E-state index contributed by atoms with van der Waals surface area (Å²) in [6, 6.07) is 31.7. The number of benzene rings is 4. The monoisotopic (exact) mass is 531 g/mol. The maximum atomic E-state index is 13.3. The van der Waals surface area contributed by atoms with Crippen molar-refractivity contribution in [1.82, 2.24) is 24.4 Å². The average Bonchev–Trinajstić information content (AvgIpc) is 3.64. The summed E-state index contributed by atoms with van der Waals surface area (Å²) < 4.78 is 3.74. The molecule has 8 heteroatoms. The number of para-hydroxylation sites is 1. The lowest BCUT2D eigenvalue weighted by atomic mass is 10.0. The van der Waals surface area contributed by atoms with E-state index in [0.29, 0.717) is 20.3 Å². The lowest BCUT2D eigenvalue weighted by molar-refractivity contribution is 0.884. The van der Waals surface area contributed by atoms with Gasteiger partial charge in [0.1, 0.15) is 5.69 Å². The maximum absolute atomic E-state index is 13.3. The average molecular weight is 532 g/mol. The van der Waals surface area contributed by atoms with Crippen molar-refractivity contribution in [2.75, 3.05) is 0 Å². The second-order valence-corrected chi connectivity index (χ2v) is 10.3. The maximum Gasteiger partial charge on any atom is 0.291 e. The molecule has 38 heavy (non-hydrogen) atoms. The summed E-state index contributed by atoms with van der Waals surface area (Å²) in [5.41, 5.74) is 4.13. The molecular weight excluding hydrogens is 514 g/mol. The van der Waals surface area contributed by atoms with Crippen molar-refractivity contribution >= 4 is 44.7 Å². The summed E-state index contributed by atoms with van der Waals surface area (Å²) in [6.45, 7) is 0. The quantitative estimate of drug-likeness (QED) is 0.278. The molecule has 0 bridgehead atoms. The fourth-order valence-corrected chi connectivity index (χ4v) is 5.49.